The van der Waals surface area contributed by atoms with Crippen LogP contribution in [0.15, 0.2) is 91.1 Å². The van der Waals surface area contributed by atoms with Gasteiger partial charge in [-0.15, -0.1) is 0 Å². The number of aromatic nitrogens is 1. The molecular weight excluding hydrogens is 439 g/mol. The summed E-state index contributed by atoms with van der Waals surface area (Å²) in [6, 6.07) is 23.4. The molecule has 3 aromatic carbocycles. The first-order chi connectivity index (χ1) is 16.3. The Hall–Kier alpha value is -4.00. The van der Waals surface area contributed by atoms with E-state index < -0.39 is 23.8 Å². The van der Waals surface area contributed by atoms with Crippen LogP contribution in [0.25, 0.3) is 5.69 Å². The van der Waals surface area contributed by atoms with Crippen molar-refractivity contribution in [3.8, 4) is 5.69 Å². The van der Waals surface area contributed by atoms with E-state index in [2.05, 4.69) is 9.88 Å². The Balaban J connectivity index is 1.61. The van der Waals surface area contributed by atoms with Gasteiger partial charge in [-0.25, -0.2) is 4.79 Å². The lowest BCUT2D eigenvalue weighted by Gasteiger charge is -2.32. The topological polar surface area (TPSA) is 37.3 Å². The number of urea groups is 1. The Labute approximate surface area is 195 Å². The lowest BCUT2D eigenvalue weighted by molar-refractivity contribution is -0.137. The summed E-state index contributed by atoms with van der Waals surface area (Å²) in [5.41, 5.74) is 4.06. The van der Waals surface area contributed by atoms with Crippen molar-refractivity contribution in [1.82, 2.24) is 9.47 Å². The van der Waals surface area contributed by atoms with Crippen molar-refractivity contribution in [2.75, 3.05) is 5.32 Å². The molecule has 4 nitrogen and oxygen atoms in total. The van der Waals surface area contributed by atoms with Gasteiger partial charge in [-0.2, -0.15) is 13.2 Å². The number of rotatable bonds is 2. The normalized spacial score (nSPS) is 15.3. The molecule has 0 aliphatic carbocycles. The number of nitrogens with one attached hydrogen (secondary N) is 1. The highest BCUT2D eigenvalue weighted by molar-refractivity contribution is 5.90. The van der Waals surface area contributed by atoms with E-state index in [1.165, 1.54) is 12.1 Å². The van der Waals surface area contributed by atoms with Crippen molar-refractivity contribution in [1.29, 1.82) is 0 Å². The highest BCUT2D eigenvalue weighted by Crippen LogP contribution is 2.38. The zero-order valence-corrected chi connectivity index (χ0v) is 18.4. The van der Waals surface area contributed by atoms with Crippen LogP contribution in [-0.2, 0) is 12.7 Å². The molecule has 2 heterocycles. The fourth-order valence-corrected chi connectivity index (χ4v) is 4.53. The van der Waals surface area contributed by atoms with Crippen LogP contribution < -0.4 is 5.32 Å². The molecule has 0 spiro atoms. The second kappa shape index (κ2) is 8.41. The maximum Gasteiger partial charge on any atom is 0.416 e. The van der Waals surface area contributed by atoms with E-state index in [9.17, 15) is 18.0 Å². The molecule has 7 heteroatoms. The fraction of sp³-hybridized carbons (Fsp3) is 0.148. The molecule has 4 aromatic rings. The molecule has 34 heavy (non-hydrogen) atoms. The van der Waals surface area contributed by atoms with Crippen LogP contribution in [0.5, 0.6) is 0 Å². The van der Waals surface area contributed by atoms with Gasteiger partial charge in [0.25, 0.3) is 0 Å². The second-order valence-electron chi connectivity index (χ2n) is 8.33. The van der Waals surface area contributed by atoms with Gasteiger partial charge >= 0.3 is 12.2 Å². The first-order valence-corrected chi connectivity index (χ1v) is 10.9. The average molecular weight is 461 g/mol. The molecule has 1 aliphatic heterocycles. The molecule has 0 fully saturated rings. The molecule has 172 valence electrons. The summed E-state index contributed by atoms with van der Waals surface area (Å²) in [7, 11) is 0. The first-order valence-electron chi connectivity index (χ1n) is 10.9. The molecule has 2 amide bonds. The maximum atomic E-state index is 13.6. The van der Waals surface area contributed by atoms with E-state index in [1.54, 1.807) is 4.90 Å². The Morgan fingerprint density at radius 2 is 1.71 bits per heavy atom. The fourth-order valence-electron chi connectivity index (χ4n) is 4.53. The molecule has 0 bridgehead atoms. The summed E-state index contributed by atoms with van der Waals surface area (Å²) in [4.78, 5) is 15.3. The third-order valence-electron chi connectivity index (χ3n) is 6.15. The van der Waals surface area contributed by atoms with Crippen LogP contribution in [-0.4, -0.2) is 15.5 Å². The number of nitrogens with zero attached hydrogens (tertiary/aromatic N) is 2. The summed E-state index contributed by atoms with van der Waals surface area (Å²) in [6.45, 7) is 2.28. The van der Waals surface area contributed by atoms with Crippen molar-refractivity contribution in [2.24, 2.45) is 0 Å². The lowest BCUT2D eigenvalue weighted by Crippen LogP contribution is -2.38. The van der Waals surface area contributed by atoms with E-state index in [4.69, 9.17) is 0 Å². The van der Waals surface area contributed by atoms with Gasteiger partial charge in [0.1, 0.15) is 6.04 Å². The van der Waals surface area contributed by atoms with Crippen molar-refractivity contribution in [3.63, 3.8) is 0 Å². The summed E-state index contributed by atoms with van der Waals surface area (Å²) in [5.74, 6) is 0. The number of amides is 2. The van der Waals surface area contributed by atoms with E-state index >= 15 is 0 Å². The molecule has 0 saturated heterocycles. The smallest absolute Gasteiger partial charge is 0.318 e. The van der Waals surface area contributed by atoms with Crippen LogP contribution >= 0.6 is 0 Å². The highest BCUT2D eigenvalue weighted by atomic mass is 19.4. The molecular formula is C27H22F3N3O. The Bertz CT molecular complexity index is 1360. The monoisotopic (exact) mass is 461 g/mol. The number of para-hydroxylation sites is 1. The Morgan fingerprint density at radius 1 is 0.941 bits per heavy atom. The number of carbonyl (C=O) groups excluding carboxylic acids is 1. The third kappa shape index (κ3) is 3.94. The molecule has 0 unspecified atom stereocenters. The zero-order chi connectivity index (χ0) is 23.9. The lowest BCUT2D eigenvalue weighted by atomic mass is 9.97. The number of hydrogen-bond donors (Lipinski definition) is 1. The van der Waals surface area contributed by atoms with Crippen molar-refractivity contribution >= 4 is 11.7 Å². The second-order valence-corrected chi connectivity index (χ2v) is 8.33. The zero-order valence-electron chi connectivity index (χ0n) is 18.4. The molecule has 1 N–H and O–H groups in total. The predicted octanol–water partition coefficient (Wildman–Crippen LogP) is 6.94. The molecule has 0 radical (unpaired) electrons. The standard InChI is InChI=1S/C27H22F3N3O/c1-18-8-2-4-12-22(18)25-24-14-7-15-32(24)23-13-5-3-9-19(23)17-33(25)26(34)31-21-11-6-10-20(16-21)27(28,29)30/h2-16,25H,17H2,1H3,(H,31,34)/t25-/m1/s1. The van der Waals surface area contributed by atoms with Gasteiger partial charge in [-0.05, 0) is 60.0 Å². The maximum absolute atomic E-state index is 13.6. The minimum Gasteiger partial charge on any atom is -0.318 e. The Morgan fingerprint density at radius 3 is 2.50 bits per heavy atom. The van der Waals surface area contributed by atoms with Crippen LogP contribution in [0.2, 0.25) is 0 Å². The number of aryl methyl sites for hydroxylation is 1. The van der Waals surface area contributed by atoms with E-state index in [0.717, 1.165) is 40.2 Å². The van der Waals surface area contributed by atoms with E-state index in [0.29, 0.717) is 6.54 Å². The molecule has 1 aromatic heterocycles. The molecule has 0 saturated carbocycles. The molecule has 5 rings (SSSR count). The summed E-state index contributed by atoms with van der Waals surface area (Å²) in [6.07, 6.45) is -2.53. The quantitative estimate of drug-likeness (QED) is 0.345. The SMILES string of the molecule is Cc1ccccc1[C@@H]1c2cccn2-c2ccccc2CN1C(=O)Nc1cccc(C(F)(F)F)c1. The van der Waals surface area contributed by atoms with Crippen LogP contribution in [0.3, 0.4) is 0 Å². The number of carbonyl (C=O) groups is 1. The minimum atomic E-state index is -4.49. The van der Waals surface area contributed by atoms with Crippen LogP contribution in [0, 0.1) is 6.92 Å². The van der Waals surface area contributed by atoms with Gasteiger partial charge in [-0.1, -0.05) is 48.5 Å². The predicted molar refractivity (Wildman–Crippen MR) is 125 cm³/mol. The van der Waals surface area contributed by atoms with Crippen molar-refractivity contribution < 1.29 is 18.0 Å². The minimum absolute atomic E-state index is 0.0938. The molecule has 1 aliphatic rings. The average Bonchev–Trinajstić information content (AvgIpc) is 3.24. The van der Waals surface area contributed by atoms with Gasteiger partial charge in [0.05, 0.1) is 17.8 Å². The number of anilines is 1. The number of alkyl halides is 3. The van der Waals surface area contributed by atoms with Crippen LogP contribution in [0.4, 0.5) is 23.7 Å². The summed E-state index contributed by atoms with van der Waals surface area (Å²) < 4.78 is 41.7. The number of benzene rings is 3. The first kappa shape index (κ1) is 21.8. The van der Waals surface area contributed by atoms with Gasteiger partial charge < -0.3 is 14.8 Å². The van der Waals surface area contributed by atoms with Crippen molar-refractivity contribution in [3.05, 3.63) is 119 Å². The van der Waals surface area contributed by atoms with E-state index in [1.807, 2.05) is 73.8 Å². The third-order valence-corrected chi connectivity index (χ3v) is 6.15. The van der Waals surface area contributed by atoms with Gasteiger partial charge in [0.15, 0.2) is 0 Å². The highest BCUT2D eigenvalue weighted by Gasteiger charge is 2.34. The van der Waals surface area contributed by atoms with Crippen LogP contribution in [0.1, 0.15) is 34.0 Å². The van der Waals surface area contributed by atoms with Gasteiger partial charge in [0, 0.05) is 17.6 Å². The van der Waals surface area contributed by atoms with Crippen molar-refractivity contribution in [2.45, 2.75) is 25.7 Å². The summed E-state index contributed by atoms with van der Waals surface area (Å²) >= 11 is 0. The summed E-state index contributed by atoms with van der Waals surface area (Å²) in [5, 5.41) is 2.70. The van der Waals surface area contributed by atoms with E-state index in [-0.39, 0.29) is 5.69 Å². The van der Waals surface area contributed by atoms with Gasteiger partial charge in [-0.3, -0.25) is 0 Å². The largest absolute Gasteiger partial charge is 0.416 e. The molecule has 1 atom stereocenters. The number of hydrogen-bond acceptors (Lipinski definition) is 1. The number of halogens is 3. The van der Waals surface area contributed by atoms with Gasteiger partial charge in [0.2, 0.25) is 0 Å². The number of fused-ring (bicyclic) bond motifs is 3. The Kier molecular flexibility index (Phi) is 5.40.